The van der Waals surface area contributed by atoms with Crippen LogP contribution in [0.4, 0.5) is 0 Å². The predicted octanol–water partition coefficient (Wildman–Crippen LogP) is 4.55. The van der Waals surface area contributed by atoms with Crippen molar-refractivity contribution in [1.82, 2.24) is 5.32 Å². The summed E-state index contributed by atoms with van der Waals surface area (Å²) in [5.41, 5.74) is 1.41. The fraction of sp³-hybridized carbons (Fsp3) is 0.474. The molecule has 2 heteroatoms. The van der Waals surface area contributed by atoms with Crippen molar-refractivity contribution in [2.45, 2.75) is 32.7 Å². The Hall–Kier alpha value is -1.38. The molecule has 0 saturated carbocycles. The second-order valence-corrected chi connectivity index (χ2v) is 5.87. The highest BCUT2D eigenvalue weighted by molar-refractivity contribution is 5.86. The lowest BCUT2D eigenvalue weighted by Gasteiger charge is -2.24. The zero-order valence-electron chi connectivity index (χ0n) is 13.4. The van der Waals surface area contributed by atoms with Crippen molar-refractivity contribution in [1.29, 1.82) is 0 Å². The third-order valence-electron chi connectivity index (χ3n) is 3.93. The molecule has 21 heavy (non-hydrogen) atoms. The van der Waals surface area contributed by atoms with Crippen molar-refractivity contribution in [2.75, 3.05) is 20.3 Å². The highest BCUT2D eigenvalue weighted by atomic mass is 16.5. The molecule has 2 atom stereocenters. The summed E-state index contributed by atoms with van der Waals surface area (Å²) in [6.07, 6.45) is 2.25. The van der Waals surface area contributed by atoms with Gasteiger partial charge in [-0.15, -0.1) is 0 Å². The Labute approximate surface area is 128 Å². The number of fused-ring (bicyclic) bond motifs is 1. The van der Waals surface area contributed by atoms with Crippen LogP contribution in [0.3, 0.4) is 0 Å². The van der Waals surface area contributed by atoms with Crippen LogP contribution in [-0.2, 0) is 4.74 Å². The Balaban J connectivity index is 2.29. The molecule has 0 aliphatic heterocycles. The van der Waals surface area contributed by atoms with E-state index in [1.807, 2.05) is 0 Å². The molecular formula is C19H27NO. The van der Waals surface area contributed by atoms with Crippen LogP contribution in [0, 0.1) is 5.92 Å². The Morgan fingerprint density at radius 3 is 2.62 bits per heavy atom. The second kappa shape index (κ2) is 8.16. The van der Waals surface area contributed by atoms with E-state index in [0.29, 0.717) is 12.0 Å². The van der Waals surface area contributed by atoms with E-state index >= 15 is 0 Å². The summed E-state index contributed by atoms with van der Waals surface area (Å²) in [5.74, 6) is 0.545. The Morgan fingerprint density at radius 1 is 1.10 bits per heavy atom. The maximum Gasteiger partial charge on any atom is 0.0488 e. The molecule has 0 bridgehead atoms. The van der Waals surface area contributed by atoms with Gasteiger partial charge in [0.05, 0.1) is 0 Å². The summed E-state index contributed by atoms with van der Waals surface area (Å²) in [6, 6.07) is 15.7. The van der Waals surface area contributed by atoms with Gasteiger partial charge in [0.15, 0.2) is 0 Å². The quantitative estimate of drug-likeness (QED) is 0.768. The van der Waals surface area contributed by atoms with Crippen molar-refractivity contribution >= 4 is 10.8 Å². The summed E-state index contributed by atoms with van der Waals surface area (Å²) >= 11 is 0. The fourth-order valence-electron chi connectivity index (χ4n) is 2.95. The first kappa shape index (κ1) is 16.0. The smallest absolute Gasteiger partial charge is 0.0488 e. The molecular weight excluding hydrogens is 258 g/mol. The largest absolute Gasteiger partial charge is 0.384 e. The number of nitrogens with one attached hydrogen (secondary N) is 1. The topological polar surface area (TPSA) is 21.3 Å². The molecule has 1 N–H and O–H groups in total. The average Bonchev–Trinajstić information content (AvgIpc) is 2.51. The van der Waals surface area contributed by atoms with Gasteiger partial charge in [0.2, 0.25) is 0 Å². The van der Waals surface area contributed by atoms with Gasteiger partial charge in [-0.1, -0.05) is 56.3 Å². The normalized spacial score (nSPS) is 14.2. The molecule has 0 aromatic heterocycles. The first-order valence-corrected chi connectivity index (χ1v) is 7.96. The molecule has 0 aliphatic rings. The van der Waals surface area contributed by atoms with Crippen molar-refractivity contribution in [3.8, 4) is 0 Å². The maximum absolute atomic E-state index is 5.30. The monoisotopic (exact) mass is 285 g/mol. The van der Waals surface area contributed by atoms with E-state index in [-0.39, 0.29) is 0 Å². The lowest BCUT2D eigenvalue weighted by molar-refractivity contribution is 0.149. The van der Waals surface area contributed by atoms with Crippen LogP contribution in [0.15, 0.2) is 42.5 Å². The number of rotatable bonds is 8. The molecule has 0 fully saturated rings. The van der Waals surface area contributed by atoms with Gasteiger partial charge in [0, 0.05) is 19.8 Å². The molecule has 2 nitrogen and oxygen atoms in total. The van der Waals surface area contributed by atoms with Crippen LogP contribution in [0.5, 0.6) is 0 Å². The number of hydrogen-bond donors (Lipinski definition) is 1. The first-order valence-electron chi connectivity index (χ1n) is 7.96. The van der Waals surface area contributed by atoms with Gasteiger partial charge in [-0.25, -0.2) is 0 Å². The molecule has 0 radical (unpaired) electrons. The van der Waals surface area contributed by atoms with Crippen molar-refractivity contribution in [3.63, 3.8) is 0 Å². The molecule has 2 rings (SSSR count). The van der Waals surface area contributed by atoms with E-state index in [4.69, 9.17) is 4.74 Å². The molecule has 2 aromatic carbocycles. The summed E-state index contributed by atoms with van der Waals surface area (Å²) in [4.78, 5) is 0. The first-order chi connectivity index (χ1) is 10.3. The van der Waals surface area contributed by atoms with Crippen LogP contribution in [0.2, 0.25) is 0 Å². The lowest BCUT2D eigenvalue weighted by Crippen LogP contribution is -2.25. The van der Waals surface area contributed by atoms with Crippen molar-refractivity contribution < 1.29 is 4.74 Å². The van der Waals surface area contributed by atoms with E-state index in [0.717, 1.165) is 26.0 Å². The lowest BCUT2D eigenvalue weighted by atomic mass is 9.92. The van der Waals surface area contributed by atoms with Crippen LogP contribution in [0.1, 0.15) is 38.3 Å². The van der Waals surface area contributed by atoms with Crippen molar-refractivity contribution in [3.05, 3.63) is 48.0 Å². The van der Waals surface area contributed by atoms with Crippen LogP contribution >= 0.6 is 0 Å². The number of methoxy groups -OCH3 is 1. The minimum Gasteiger partial charge on any atom is -0.384 e. The third kappa shape index (κ3) is 4.29. The van der Waals surface area contributed by atoms with E-state index in [1.165, 1.54) is 16.3 Å². The molecule has 0 heterocycles. The minimum atomic E-state index is 0.390. The van der Waals surface area contributed by atoms with Gasteiger partial charge in [0.1, 0.15) is 0 Å². The number of benzene rings is 2. The zero-order chi connectivity index (χ0) is 15.1. The summed E-state index contributed by atoms with van der Waals surface area (Å²) in [6.45, 7) is 6.34. The number of ether oxygens (including phenoxy) is 1. The highest BCUT2D eigenvalue weighted by Crippen LogP contribution is 2.28. The molecule has 0 amide bonds. The third-order valence-corrected chi connectivity index (χ3v) is 3.93. The van der Waals surface area contributed by atoms with Crippen LogP contribution < -0.4 is 5.32 Å². The zero-order valence-corrected chi connectivity index (χ0v) is 13.4. The Morgan fingerprint density at radius 2 is 1.86 bits per heavy atom. The maximum atomic E-state index is 5.30. The minimum absolute atomic E-state index is 0.390. The second-order valence-electron chi connectivity index (χ2n) is 5.87. The molecule has 0 spiro atoms. The van der Waals surface area contributed by atoms with E-state index < -0.39 is 0 Å². The standard InChI is InChI=1S/C19H27NO/c1-4-12-20-19(13-15(2)14-21-3)18-11-7-9-16-8-5-6-10-17(16)18/h5-11,15,19-20H,4,12-14H2,1-3H3. The van der Waals surface area contributed by atoms with E-state index in [2.05, 4.69) is 61.6 Å². The molecule has 2 unspecified atom stereocenters. The summed E-state index contributed by atoms with van der Waals surface area (Å²) in [5, 5.41) is 6.39. The van der Waals surface area contributed by atoms with Gasteiger partial charge in [-0.2, -0.15) is 0 Å². The molecule has 0 aliphatic carbocycles. The van der Waals surface area contributed by atoms with Crippen LogP contribution in [0.25, 0.3) is 10.8 Å². The Kier molecular flexibility index (Phi) is 6.21. The highest BCUT2D eigenvalue weighted by Gasteiger charge is 2.16. The van der Waals surface area contributed by atoms with Gasteiger partial charge >= 0.3 is 0 Å². The van der Waals surface area contributed by atoms with Crippen LogP contribution in [-0.4, -0.2) is 20.3 Å². The van der Waals surface area contributed by atoms with Gasteiger partial charge < -0.3 is 10.1 Å². The van der Waals surface area contributed by atoms with Crippen molar-refractivity contribution in [2.24, 2.45) is 5.92 Å². The fourth-order valence-corrected chi connectivity index (χ4v) is 2.95. The molecule has 2 aromatic rings. The van der Waals surface area contributed by atoms with Gasteiger partial charge in [-0.05, 0) is 41.6 Å². The predicted molar refractivity (Wildman–Crippen MR) is 90.6 cm³/mol. The average molecular weight is 285 g/mol. The molecule has 0 saturated heterocycles. The Bertz CT molecular complexity index is 547. The summed E-state index contributed by atoms with van der Waals surface area (Å²) < 4.78 is 5.30. The van der Waals surface area contributed by atoms with Gasteiger partial charge in [-0.3, -0.25) is 0 Å². The van der Waals surface area contributed by atoms with E-state index in [1.54, 1.807) is 7.11 Å². The number of hydrogen-bond acceptors (Lipinski definition) is 2. The SMILES string of the molecule is CCCNC(CC(C)COC)c1cccc2ccccc12. The molecule has 114 valence electrons. The van der Waals surface area contributed by atoms with E-state index in [9.17, 15) is 0 Å². The summed E-state index contributed by atoms with van der Waals surface area (Å²) in [7, 11) is 1.78. The van der Waals surface area contributed by atoms with Gasteiger partial charge in [0.25, 0.3) is 0 Å².